The Kier molecular flexibility index (Phi) is 8.69. The summed E-state index contributed by atoms with van der Waals surface area (Å²) in [6.07, 6.45) is 5.24. The number of carbonyl (C=O) groups is 2. The summed E-state index contributed by atoms with van der Waals surface area (Å²) in [6, 6.07) is 11.2. The summed E-state index contributed by atoms with van der Waals surface area (Å²) in [4.78, 5) is 33.3. The van der Waals surface area contributed by atoms with Gasteiger partial charge in [-0.15, -0.1) is 5.10 Å². The number of anilines is 2. The van der Waals surface area contributed by atoms with Crippen molar-refractivity contribution in [2.75, 3.05) is 64.4 Å². The van der Waals surface area contributed by atoms with Crippen LogP contribution in [-0.2, 0) is 9.47 Å². The summed E-state index contributed by atoms with van der Waals surface area (Å²) < 4.78 is 12.2. The summed E-state index contributed by atoms with van der Waals surface area (Å²) in [5, 5.41) is 10.8. The molecule has 39 heavy (non-hydrogen) atoms. The SMILES string of the molecule is CCOC(=O)N1CC=C(c2cccn3nc(Nc4ccc(C(=O)NCCCN5CCOCC5)cc4)nc23)CC1. The smallest absolute Gasteiger partial charge is 0.410 e. The van der Waals surface area contributed by atoms with E-state index in [4.69, 9.17) is 14.5 Å². The quantitative estimate of drug-likeness (QED) is 0.404. The van der Waals surface area contributed by atoms with Gasteiger partial charge in [-0.3, -0.25) is 9.69 Å². The van der Waals surface area contributed by atoms with E-state index in [0.717, 1.165) is 61.7 Å². The van der Waals surface area contributed by atoms with Gasteiger partial charge in [0.1, 0.15) is 0 Å². The van der Waals surface area contributed by atoms with Crippen LogP contribution in [0.5, 0.6) is 0 Å². The van der Waals surface area contributed by atoms with Crippen molar-refractivity contribution in [2.45, 2.75) is 19.8 Å². The zero-order valence-electron chi connectivity index (χ0n) is 22.3. The van der Waals surface area contributed by atoms with Crippen LogP contribution in [-0.4, -0.2) is 95.5 Å². The first kappa shape index (κ1) is 26.6. The highest BCUT2D eigenvalue weighted by Crippen LogP contribution is 2.26. The van der Waals surface area contributed by atoms with Crippen LogP contribution in [0.4, 0.5) is 16.4 Å². The first-order valence-corrected chi connectivity index (χ1v) is 13.5. The van der Waals surface area contributed by atoms with Crippen LogP contribution in [0.15, 0.2) is 48.7 Å². The topological polar surface area (TPSA) is 113 Å². The Labute approximate surface area is 227 Å². The molecule has 2 aliphatic rings. The molecule has 3 aromatic rings. The van der Waals surface area contributed by atoms with Gasteiger partial charge in [-0.1, -0.05) is 6.08 Å². The minimum absolute atomic E-state index is 0.0821. The number of rotatable bonds is 9. The molecule has 1 saturated heterocycles. The lowest BCUT2D eigenvalue weighted by Gasteiger charge is -2.26. The average Bonchev–Trinajstić information content (AvgIpc) is 3.39. The van der Waals surface area contributed by atoms with Gasteiger partial charge in [0.15, 0.2) is 5.65 Å². The van der Waals surface area contributed by atoms with Crippen LogP contribution in [0.3, 0.4) is 0 Å². The number of morpholine rings is 1. The Morgan fingerprint density at radius 1 is 1.10 bits per heavy atom. The first-order valence-electron chi connectivity index (χ1n) is 13.5. The first-order chi connectivity index (χ1) is 19.1. The molecule has 2 amide bonds. The maximum atomic E-state index is 12.5. The van der Waals surface area contributed by atoms with E-state index in [2.05, 4.69) is 20.6 Å². The number of nitrogens with zero attached hydrogens (tertiary/aromatic N) is 5. The van der Waals surface area contributed by atoms with Crippen molar-refractivity contribution in [1.82, 2.24) is 29.7 Å². The summed E-state index contributed by atoms with van der Waals surface area (Å²) in [7, 11) is 0. The van der Waals surface area contributed by atoms with Crippen LogP contribution in [0.2, 0.25) is 0 Å². The third-order valence-corrected chi connectivity index (χ3v) is 6.89. The minimum Gasteiger partial charge on any atom is -0.450 e. The number of carbonyl (C=O) groups excluding carboxylic acids is 2. The Morgan fingerprint density at radius 2 is 1.92 bits per heavy atom. The van der Waals surface area contributed by atoms with Crippen LogP contribution in [0.1, 0.15) is 35.7 Å². The molecule has 0 unspecified atom stereocenters. The van der Waals surface area contributed by atoms with E-state index in [1.165, 1.54) is 0 Å². The molecule has 0 bridgehead atoms. The minimum atomic E-state index is -0.285. The normalized spacial score (nSPS) is 16.1. The van der Waals surface area contributed by atoms with Gasteiger partial charge in [0.25, 0.3) is 5.91 Å². The van der Waals surface area contributed by atoms with Crippen LogP contribution in [0.25, 0.3) is 11.2 Å². The number of fused-ring (bicyclic) bond motifs is 1. The number of hydrogen-bond donors (Lipinski definition) is 2. The van der Waals surface area contributed by atoms with Crippen molar-refractivity contribution in [3.05, 3.63) is 59.8 Å². The van der Waals surface area contributed by atoms with Gasteiger partial charge < -0.3 is 25.0 Å². The summed E-state index contributed by atoms with van der Waals surface area (Å²) >= 11 is 0. The summed E-state index contributed by atoms with van der Waals surface area (Å²) in [5.74, 6) is 0.383. The number of ether oxygens (including phenoxy) is 2. The second kappa shape index (κ2) is 12.7. The van der Waals surface area contributed by atoms with E-state index in [1.807, 2.05) is 43.5 Å². The average molecular weight is 534 g/mol. The molecule has 0 saturated carbocycles. The van der Waals surface area contributed by atoms with Crippen LogP contribution >= 0.6 is 0 Å². The molecule has 0 radical (unpaired) electrons. The van der Waals surface area contributed by atoms with Gasteiger partial charge in [-0.2, -0.15) is 4.98 Å². The second-order valence-corrected chi connectivity index (χ2v) is 9.52. The van der Waals surface area contributed by atoms with Gasteiger partial charge >= 0.3 is 6.09 Å². The Bertz CT molecular complexity index is 1320. The fraction of sp³-hybridized carbons (Fsp3) is 0.429. The van der Waals surface area contributed by atoms with Crippen molar-refractivity contribution in [3.63, 3.8) is 0 Å². The van der Waals surface area contributed by atoms with Crippen molar-refractivity contribution >= 4 is 34.9 Å². The zero-order chi connectivity index (χ0) is 27.0. The molecule has 4 heterocycles. The predicted molar refractivity (Wildman–Crippen MR) is 148 cm³/mol. The van der Waals surface area contributed by atoms with E-state index in [-0.39, 0.29) is 12.0 Å². The molecule has 0 aliphatic carbocycles. The van der Waals surface area contributed by atoms with Crippen molar-refractivity contribution in [3.8, 4) is 0 Å². The molecule has 2 N–H and O–H groups in total. The zero-order valence-corrected chi connectivity index (χ0v) is 22.3. The molecule has 206 valence electrons. The number of benzene rings is 1. The summed E-state index contributed by atoms with van der Waals surface area (Å²) in [5.41, 5.74) is 4.25. The Morgan fingerprint density at radius 3 is 2.67 bits per heavy atom. The standard InChI is InChI=1S/C28H35N7O4/c1-2-39-28(37)34-15-10-21(11-16-34)24-5-3-14-35-25(24)31-27(32-35)30-23-8-6-22(7-9-23)26(36)29-12-4-13-33-17-19-38-20-18-33/h3,5-10,14H,2,4,11-13,15-20H2,1H3,(H,29,36)(H,30,32). The fourth-order valence-electron chi connectivity index (χ4n) is 4.77. The lowest BCUT2D eigenvalue weighted by molar-refractivity contribution is 0.0374. The second-order valence-electron chi connectivity index (χ2n) is 9.52. The molecule has 1 aromatic carbocycles. The third kappa shape index (κ3) is 6.73. The highest BCUT2D eigenvalue weighted by molar-refractivity contribution is 5.94. The van der Waals surface area contributed by atoms with Gasteiger partial charge in [0, 0.05) is 55.7 Å². The van der Waals surface area contributed by atoms with E-state index in [0.29, 0.717) is 44.2 Å². The molecular formula is C28H35N7O4. The lowest BCUT2D eigenvalue weighted by Crippen LogP contribution is -2.38. The Hall–Kier alpha value is -3.96. The third-order valence-electron chi connectivity index (χ3n) is 6.89. The van der Waals surface area contributed by atoms with E-state index in [1.54, 1.807) is 21.5 Å². The van der Waals surface area contributed by atoms with E-state index >= 15 is 0 Å². The van der Waals surface area contributed by atoms with Gasteiger partial charge in [-0.25, -0.2) is 9.31 Å². The number of nitrogens with one attached hydrogen (secondary N) is 2. The molecule has 0 spiro atoms. The van der Waals surface area contributed by atoms with E-state index in [9.17, 15) is 9.59 Å². The molecule has 5 rings (SSSR count). The van der Waals surface area contributed by atoms with Crippen molar-refractivity contribution in [2.24, 2.45) is 0 Å². The number of aromatic nitrogens is 3. The van der Waals surface area contributed by atoms with Gasteiger partial charge in [0.05, 0.1) is 19.8 Å². The van der Waals surface area contributed by atoms with Crippen LogP contribution in [0, 0.1) is 0 Å². The van der Waals surface area contributed by atoms with Gasteiger partial charge in [0.2, 0.25) is 5.95 Å². The number of pyridine rings is 1. The highest BCUT2D eigenvalue weighted by atomic mass is 16.6. The molecule has 11 heteroatoms. The van der Waals surface area contributed by atoms with Crippen molar-refractivity contribution < 1.29 is 19.1 Å². The van der Waals surface area contributed by atoms with Crippen molar-refractivity contribution in [1.29, 1.82) is 0 Å². The maximum absolute atomic E-state index is 12.5. The molecule has 2 aromatic heterocycles. The van der Waals surface area contributed by atoms with Gasteiger partial charge in [-0.05, 0) is 68.3 Å². The predicted octanol–water partition coefficient (Wildman–Crippen LogP) is 3.17. The fourth-order valence-corrected chi connectivity index (χ4v) is 4.77. The Balaban J connectivity index is 1.17. The number of hydrogen-bond acceptors (Lipinski definition) is 8. The lowest BCUT2D eigenvalue weighted by atomic mass is 10.0. The largest absolute Gasteiger partial charge is 0.450 e. The van der Waals surface area contributed by atoms with E-state index < -0.39 is 0 Å². The molecule has 1 fully saturated rings. The highest BCUT2D eigenvalue weighted by Gasteiger charge is 2.21. The molecule has 11 nitrogen and oxygen atoms in total. The molecular weight excluding hydrogens is 498 g/mol. The van der Waals surface area contributed by atoms with Crippen LogP contribution < -0.4 is 10.6 Å². The maximum Gasteiger partial charge on any atom is 0.410 e. The molecule has 0 atom stereocenters. The molecule has 2 aliphatic heterocycles. The summed E-state index contributed by atoms with van der Waals surface area (Å²) in [6.45, 7) is 8.36. The number of amides is 2. The monoisotopic (exact) mass is 533 g/mol.